The van der Waals surface area contributed by atoms with Gasteiger partial charge in [-0.25, -0.2) is 4.39 Å². The summed E-state index contributed by atoms with van der Waals surface area (Å²) in [5.41, 5.74) is 10.2. The van der Waals surface area contributed by atoms with Crippen LogP contribution in [0.1, 0.15) is 53.1 Å². The monoisotopic (exact) mass is 730 g/mol. The van der Waals surface area contributed by atoms with Crippen LogP contribution < -0.4 is 20.1 Å². The lowest BCUT2D eigenvalue weighted by atomic mass is 9.94. The van der Waals surface area contributed by atoms with Crippen molar-refractivity contribution in [2.24, 2.45) is 0 Å². The number of hydrogen-bond donors (Lipinski definition) is 2. The molecule has 0 radical (unpaired) electrons. The largest absolute Gasteiger partial charge is 0.496 e. The highest BCUT2D eigenvalue weighted by atomic mass is 79.9. The molecule has 0 unspecified atom stereocenters. The molecular formula is C42H36BrFN2O4. The minimum absolute atomic E-state index is 0.0654. The number of methoxy groups -OCH3 is 2. The van der Waals surface area contributed by atoms with E-state index in [1.54, 1.807) is 26.4 Å². The van der Waals surface area contributed by atoms with E-state index in [-0.39, 0.29) is 17.6 Å². The number of nitrogens with one attached hydrogen (secondary N) is 2. The molecule has 2 N–H and O–H groups in total. The van der Waals surface area contributed by atoms with Crippen molar-refractivity contribution >= 4 is 62.4 Å². The van der Waals surface area contributed by atoms with Crippen molar-refractivity contribution in [2.45, 2.75) is 26.7 Å². The maximum atomic E-state index is 13.6. The number of carbonyl (C=O) groups excluding carboxylic acids is 2. The summed E-state index contributed by atoms with van der Waals surface area (Å²) in [6.45, 7) is 6.31. The van der Waals surface area contributed by atoms with E-state index in [0.717, 1.165) is 60.6 Å². The Morgan fingerprint density at radius 1 is 0.700 bits per heavy atom. The van der Waals surface area contributed by atoms with Gasteiger partial charge < -0.3 is 20.1 Å². The van der Waals surface area contributed by atoms with E-state index in [1.807, 2.05) is 85.8 Å². The molecule has 0 saturated carbocycles. The molecule has 0 fully saturated rings. The normalized spacial score (nSPS) is 14.6. The van der Waals surface area contributed by atoms with Crippen LogP contribution >= 0.6 is 15.9 Å². The van der Waals surface area contributed by atoms with E-state index in [0.29, 0.717) is 28.3 Å². The zero-order valence-corrected chi connectivity index (χ0v) is 29.9. The maximum absolute atomic E-state index is 13.6. The number of fused-ring (bicyclic) bond motifs is 2. The summed E-state index contributed by atoms with van der Waals surface area (Å²) in [5.74, 6) is 1.32. The van der Waals surface area contributed by atoms with Crippen molar-refractivity contribution in [1.29, 1.82) is 0 Å². The van der Waals surface area contributed by atoms with Crippen molar-refractivity contribution < 1.29 is 23.5 Å². The second-order valence-electron chi connectivity index (χ2n) is 12.3. The number of amides is 2. The van der Waals surface area contributed by atoms with Crippen LogP contribution in [-0.4, -0.2) is 26.0 Å². The first-order valence-corrected chi connectivity index (χ1v) is 16.9. The van der Waals surface area contributed by atoms with Gasteiger partial charge in [0.2, 0.25) is 0 Å². The molecule has 50 heavy (non-hydrogen) atoms. The molecule has 5 aromatic carbocycles. The molecule has 7 rings (SSSR count). The van der Waals surface area contributed by atoms with Gasteiger partial charge in [-0.15, -0.1) is 0 Å². The van der Waals surface area contributed by atoms with E-state index in [1.165, 1.54) is 12.1 Å². The van der Waals surface area contributed by atoms with Gasteiger partial charge in [-0.3, -0.25) is 9.59 Å². The topological polar surface area (TPSA) is 76.7 Å². The first-order chi connectivity index (χ1) is 24.1. The summed E-state index contributed by atoms with van der Waals surface area (Å²) < 4.78 is 25.5. The van der Waals surface area contributed by atoms with E-state index in [4.69, 9.17) is 9.47 Å². The fraction of sp³-hybridized carbons (Fsp3) is 0.143. The molecule has 252 valence electrons. The molecule has 2 amide bonds. The van der Waals surface area contributed by atoms with Gasteiger partial charge in [0.15, 0.2) is 0 Å². The van der Waals surface area contributed by atoms with E-state index in [2.05, 4.69) is 46.5 Å². The van der Waals surface area contributed by atoms with E-state index in [9.17, 15) is 14.0 Å². The molecule has 2 heterocycles. The van der Waals surface area contributed by atoms with Crippen molar-refractivity contribution in [2.75, 3.05) is 24.9 Å². The second kappa shape index (κ2) is 14.6. The van der Waals surface area contributed by atoms with Gasteiger partial charge in [-0.1, -0.05) is 66.2 Å². The third-order valence-corrected chi connectivity index (χ3v) is 9.18. The summed E-state index contributed by atoms with van der Waals surface area (Å²) in [5, 5.41) is 5.69. The average molecular weight is 732 g/mol. The molecule has 5 aromatic rings. The van der Waals surface area contributed by atoms with Gasteiger partial charge in [0.05, 0.1) is 14.2 Å². The Kier molecular flexibility index (Phi) is 10.0. The fourth-order valence-corrected chi connectivity index (χ4v) is 6.45. The number of benzene rings is 5. The molecule has 2 aliphatic heterocycles. The summed E-state index contributed by atoms with van der Waals surface area (Å²) in [7, 11) is 3.32. The lowest BCUT2D eigenvalue weighted by Gasteiger charge is -2.15. The van der Waals surface area contributed by atoms with Gasteiger partial charge in [0.1, 0.15) is 17.3 Å². The Balaban J connectivity index is 0.000000174. The standard InChI is InChI=1S/C22H16FNO2.C20H20BrNO2/c1-26-21-10-7-14(11-17(21)15-5-3-2-4-6-15)12-19-18-13-16(23)8-9-20(18)24-22(19)25;1-11(2)15-8-13(12(3)7-19(15)24-4)9-17-16-10-14(21)5-6-18(16)22-20(17)23/h2-13H,1H3,(H,24,25);5-11H,1-4H3,(H,22,23). The Hall–Kier alpha value is -5.47. The number of carbonyl (C=O) groups is 2. The molecule has 0 saturated heterocycles. The van der Waals surface area contributed by atoms with Gasteiger partial charge >= 0.3 is 0 Å². The Bertz CT molecular complexity index is 2190. The molecule has 0 aromatic heterocycles. The molecule has 2 aliphatic rings. The number of hydrogen-bond acceptors (Lipinski definition) is 4. The molecule has 0 atom stereocenters. The van der Waals surface area contributed by atoms with Gasteiger partial charge in [-0.2, -0.15) is 0 Å². The molecular weight excluding hydrogens is 695 g/mol. The van der Waals surface area contributed by atoms with Crippen molar-refractivity contribution in [3.63, 3.8) is 0 Å². The lowest BCUT2D eigenvalue weighted by Crippen LogP contribution is -2.04. The maximum Gasteiger partial charge on any atom is 0.256 e. The molecule has 6 nitrogen and oxygen atoms in total. The van der Waals surface area contributed by atoms with Crippen LogP contribution in [0, 0.1) is 12.7 Å². The zero-order chi connectivity index (χ0) is 35.5. The average Bonchev–Trinajstić information content (AvgIpc) is 3.59. The Labute approximate surface area is 299 Å². The van der Waals surface area contributed by atoms with Crippen LogP contribution in [0.3, 0.4) is 0 Å². The summed E-state index contributed by atoms with van der Waals surface area (Å²) >= 11 is 3.48. The minimum atomic E-state index is -0.370. The highest BCUT2D eigenvalue weighted by Gasteiger charge is 2.26. The molecule has 0 bridgehead atoms. The number of halogens is 2. The lowest BCUT2D eigenvalue weighted by molar-refractivity contribution is -0.111. The highest BCUT2D eigenvalue weighted by Crippen LogP contribution is 2.38. The Morgan fingerprint density at radius 3 is 2.00 bits per heavy atom. The van der Waals surface area contributed by atoms with Crippen LogP contribution in [0.5, 0.6) is 11.5 Å². The quantitative estimate of drug-likeness (QED) is 0.171. The summed E-state index contributed by atoms with van der Waals surface area (Å²) in [4.78, 5) is 24.7. The third kappa shape index (κ3) is 7.12. The zero-order valence-electron chi connectivity index (χ0n) is 28.4. The van der Waals surface area contributed by atoms with Crippen LogP contribution in [0.4, 0.5) is 15.8 Å². The van der Waals surface area contributed by atoms with Crippen LogP contribution in [0.2, 0.25) is 0 Å². The fourth-order valence-electron chi connectivity index (χ4n) is 6.09. The molecule has 8 heteroatoms. The minimum Gasteiger partial charge on any atom is -0.496 e. The van der Waals surface area contributed by atoms with Crippen molar-refractivity contribution in [3.05, 3.63) is 141 Å². The number of aryl methyl sites for hydroxylation is 1. The smallest absolute Gasteiger partial charge is 0.256 e. The predicted octanol–water partition coefficient (Wildman–Crippen LogP) is 10.4. The number of ether oxygens (including phenoxy) is 2. The van der Waals surface area contributed by atoms with Crippen LogP contribution in [0.15, 0.2) is 102 Å². The predicted molar refractivity (Wildman–Crippen MR) is 204 cm³/mol. The first-order valence-electron chi connectivity index (χ1n) is 16.1. The Morgan fingerprint density at radius 2 is 1.34 bits per heavy atom. The number of rotatable bonds is 6. The van der Waals surface area contributed by atoms with Crippen LogP contribution in [0.25, 0.3) is 34.4 Å². The van der Waals surface area contributed by atoms with E-state index >= 15 is 0 Å². The molecule has 0 spiro atoms. The van der Waals surface area contributed by atoms with Crippen molar-refractivity contribution in [3.8, 4) is 22.6 Å². The van der Waals surface area contributed by atoms with Crippen molar-refractivity contribution in [1.82, 2.24) is 0 Å². The first kappa shape index (κ1) is 34.4. The third-order valence-electron chi connectivity index (χ3n) is 8.69. The summed E-state index contributed by atoms with van der Waals surface area (Å²) in [6.07, 6.45) is 3.74. The van der Waals surface area contributed by atoms with Gasteiger partial charge in [-0.05, 0) is 113 Å². The number of anilines is 2. The summed E-state index contributed by atoms with van der Waals surface area (Å²) in [6, 6.07) is 29.9. The second-order valence-corrected chi connectivity index (χ2v) is 13.3. The van der Waals surface area contributed by atoms with Gasteiger partial charge in [0.25, 0.3) is 11.8 Å². The molecule has 0 aliphatic carbocycles. The SMILES string of the molecule is COc1cc(C)c(C=C2C(=O)Nc3ccc(Br)cc32)cc1C(C)C.COc1ccc(C=C2C(=O)Nc3ccc(F)cc32)cc1-c1ccccc1. The highest BCUT2D eigenvalue weighted by molar-refractivity contribution is 9.10. The van der Waals surface area contributed by atoms with Gasteiger partial charge in [0, 0.05) is 43.7 Å². The van der Waals surface area contributed by atoms with Crippen LogP contribution in [-0.2, 0) is 9.59 Å². The van der Waals surface area contributed by atoms with E-state index < -0.39 is 0 Å².